The summed E-state index contributed by atoms with van der Waals surface area (Å²) in [6.45, 7) is 1.28. The minimum atomic E-state index is -4.46. The predicted octanol–water partition coefficient (Wildman–Crippen LogP) is 2.45. The largest absolute Gasteiger partial charge is 0.416 e. The van der Waals surface area contributed by atoms with Gasteiger partial charge in [-0.1, -0.05) is 18.2 Å². The van der Waals surface area contributed by atoms with Crippen LogP contribution >= 0.6 is 0 Å². The van der Waals surface area contributed by atoms with E-state index in [9.17, 15) is 26.4 Å². The molecule has 0 unspecified atom stereocenters. The van der Waals surface area contributed by atoms with Crippen molar-refractivity contribution in [1.29, 1.82) is 0 Å². The van der Waals surface area contributed by atoms with Crippen LogP contribution in [0.2, 0.25) is 0 Å². The second kappa shape index (κ2) is 9.67. The zero-order valence-corrected chi connectivity index (χ0v) is 17.3. The quantitative estimate of drug-likeness (QED) is 0.667. The van der Waals surface area contributed by atoms with Crippen LogP contribution in [-0.4, -0.2) is 51.5 Å². The SMILES string of the molecule is O=C(CNc1cccc(C(F)(F)F)c1)NCc1ccc(S(=O)(=O)N2CCOCC2)cc1. The van der Waals surface area contributed by atoms with E-state index >= 15 is 0 Å². The highest BCUT2D eigenvalue weighted by molar-refractivity contribution is 7.89. The number of sulfonamides is 1. The van der Waals surface area contributed by atoms with Crippen LogP contribution in [0.3, 0.4) is 0 Å². The van der Waals surface area contributed by atoms with Crippen molar-refractivity contribution in [3.05, 3.63) is 59.7 Å². The summed E-state index contributed by atoms with van der Waals surface area (Å²) < 4.78 is 69.9. The molecular weight excluding hydrogens is 435 g/mol. The van der Waals surface area contributed by atoms with E-state index in [1.807, 2.05) is 0 Å². The van der Waals surface area contributed by atoms with E-state index in [-0.39, 0.29) is 23.7 Å². The number of hydrogen-bond acceptors (Lipinski definition) is 5. The Morgan fingerprint density at radius 2 is 1.74 bits per heavy atom. The van der Waals surface area contributed by atoms with E-state index in [0.29, 0.717) is 31.9 Å². The van der Waals surface area contributed by atoms with Crippen LogP contribution in [0.25, 0.3) is 0 Å². The number of ether oxygens (including phenoxy) is 1. The fraction of sp³-hybridized carbons (Fsp3) is 0.350. The third kappa shape index (κ3) is 6.18. The van der Waals surface area contributed by atoms with Gasteiger partial charge in [0.1, 0.15) is 0 Å². The summed E-state index contributed by atoms with van der Waals surface area (Å²) in [6.07, 6.45) is -4.46. The molecular formula is C20H22F3N3O4S. The van der Waals surface area contributed by atoms with E-state index in [1.54, 1.807) is 12.1 Å². The summed E-state index contributed by atoms with van der Waals surface area (Å²) in [5.41, 5.74) is 0.0704. The van der Waals surface area contributed by atoms with Gasteiger partial charge >= 0.3 is 6.18 Å². The summed E-state index contributed by atoms with van der Waals surface area (Å²) in [5, 5.41) is 5.29. The topological polar surface area (TPSA) is 87.7 Å². The second-order valence-corrected chi connectivity index (χ2v) is 8.81. The Labute approximate surface area is 178 Å². The molecule has 2 N–H and O–H groups in total. The molecule has 0 spiro atoms. The number of anilines is 1. The molecule has 0 aromatic heterocycles. The van der Waals surface area contributed by atoms with Crippen molar-refractivity contribution in [2.24, 2.45) is 0 Å². The molecule has 31 heavy (non-hydrogen) atoms. The van der Waals surface area contributed by atoms with Crippen molar-refractivity contribution in [3.8, 4) is 0 Å². The number of rotatable bonds is 7. The van der Waals surface area contributed by atoms with Gasteiger partial charge in [0.15, 0.2) is 0 Å². The molecule has 7 nitrogen and oxygen atoms in total. The van der Waals surface area contributed by atoms with E-state index in [1.165, 1.54) is 28.6 Å². The third-order valence-electron chi connectivity index (χ3n) is 4.66. The van der Waals surface area contributed by atoms with Crippen LogP contribution in [0.15, 0.2) is 53.4 Å². The lowest BCUT2D eigenvalue weighted by atomic mass is 10.2. The maximum atomic E-state index is 12.7. The first kappa shape index (κ1) is 23.0. The molecule has 0 bridgehead atoms. The monoisotopic (exact) mass is 457 g/mol. The van der Waals surface area contributed by atoms with Gasteiger partial charge < -0.3 is 15.4 Å². The summed E-state index contributed by atoms with van der Waals surface area (Å²) in [5.74, 6) is -0.414. The van der Waals surface area contributed by atoms with E-state index < -0.39 is 27.7 Å². The van der Waals surface area contributed by atoms with E-state index in [4.69, 9.17) is 4.74 Å². The fourth-order valence-electron chi connectivity index (χ4n) is 2.97. The molecule has 1 saturated heterocycles. The maximum absolute atomic E-state index is 12.7. The standard InChI is InChI=1S/C20H22F3N3O4S/c21-20(22,23)16-2-1-3-17(12-16)24-14-19(27)25-13-15-4-6-18(7-5-15)31(28,29)26-8-10-30-11-9-26/h1-7,12,24H,8-11,13-14H2,(H,25,27). The Balaban J connectivity index is 1.50. The van der Waals surface area contributed by atoms with Crippen molar-refractivity contribution in [3.63, 3.8) is 0 Å². The molecule has 168 valence electrons. The van der Waals surface area contributed by atoms with Crippen LogP contribution in [0.1, 0.15) is 11.1 Å². The van der Waals surface area contributed by atoms with Gasteiger partial charge in [0.25, 0.3) is 0 Å². The number of alkyl halides is 3. The first-order valence-corrected chi connectivity index (χ1v) is 10.9. The maximum Gasteiger partial charge on any atom is 0.416 e. The summed E-state index contributed by atoms with van der Waals surface area (Å²) in [7, 11) is -3.59. The zero-order valence-electron chi connectivity index (χ0n) is 16.5. The molecule has 1 heterocycles. The lowest BCUT2D eigenvalue weighted by Crippen LogP contribution is -2.40. The number of amides is 1. The number of morpholine rings is 1. The Morgan fingerprint density at radius 3 is 2.39 bits per heavy atom. The first-order valence-electron chi connectivity index (χ1n) is 9.51. The normalized spacial score (nSPS) is 15.5. The van der Waals surface area contributed by atoms with Gasteiger partial charge in [0.2, 0.25) is 15.9 Å². The number of nitrogens with zero attached hydrogens (tertiary/aromatic N) is 1. The van der Waals surface area contributed by atoms with Crippen LogP contribution < -0.4 is 10.6 Å². The van der Waals surface area contributed by atoms with Crippen LogP contribution in [0.4, 0.5) is 18.9 Å². The number of benzene rings is 2. The molecule has 2 aromatic carbocycles. The molecule has 1 fully saturated rings. The summed E-state index contributed by atoms with van der Waals surface area (Å²) in [6, 6.07) is 10.8. The number of carbonyl (C=O) groups excluding carboxylic acids is 1. The Bertz CT molecular complexity index is 1010. The first-order chi connectivity index (χ1) is 14.7. The lowest BCUT2D eigenvalue weighted by Gasteiger charge is -2.26. The summed E-state index contributed by atoms with van der Waals surface area (Å²) in [4.78, 5) is 12.2. The minimum absolute atomic E-state index is 0.154. The molecule has 0 radical (unpaired) electrons. The number of halogens is 3. The average molecular weight is 457 g/mol. The van der Waals surface area contributed by atoms with Gasteiger partial charge in [0, 0.05) is 25.3 Å². The fourth-order valence-corrected chi connectivity index (χ4v) is 4.37. The number of nitrogens with one attached hydrogen (secondary N) is 2. The second-order valence-electron chi connectivity index (χ2n) is 6.87. The molecule has 0 atom stereocenters. The third-order valence-corrected chi connectivity index (χ3v) is 6.58. The molecule has 11 heteroatoms. The van der Waals surface area contributed by atoms with E-state index in [0.717, 1.165) is 12.1 Å². The Kier molecular flexibility index (Phi) is 7.19. The van der Waals surface area contributed by atoms with Crippen molar-refractivity contribution in [2.75, 3.05) is 38.2 Å². The smallest absolute Gasteiger partial charge is 0.379 e. The molecule has 0 aliphatic carbocycles. The van der Waals surface area contributed by atoms with Crippen molar-refractivity contribution in [1.82, 2.24) is 9.62 Å². The summed E-state index contributed by atoms with van der Waals surface area (Å²) >= 11 is 0. The highest BCUT2D eigenvalue weighted by Gasteiger charge is 2.30. The van der Waals surface area contributed by atoms with Gasteiger partial charge in [-0.15, -0.1) is 0 Å². The van der Waals surface area contributed by atoms with Crippen LogP contribution in [0, 0.1) is 0 Å². The highest BCUT2D eigenvalue weighted by atomic mass is 32.2. The lowest BCUT2D eigenvalue weighted by molar-refractivity contribution is -0.137. The zero-order chi connectivity index (χ0) is 22.5. The van der Waals surface area contributed by atoms with Crippen molar-refractivity contribution in [2.45, 2.75) is 17.6 Å². The molecule has 1 aliphatic rings. The van der Waals surface area contributed by atoms with Crippen molar-refractivity contribution >= 4 is 21.6 Å². The number of hydrogen-bond donors (Lipinski definition) is 2. The van der Waals surface area contributed by atoms with Crippen LogP contribution in [0.5, 0.6) is 0 Å². The minimum Gasteiger partial charge on any atom is -0.379 e. The van der Waals surface area contributed by atoms with Gasteiger partial charge in [-0.3, -0.25) is 4.79 Å². The van der Waals surface area contributed by atoms with Crippen molar-refractivity contribution < 1.29 is 31.1 Å². The van der Waals surface area contributed by atoms with Gasteiger partial charge in [-0.25, -0.2) is 8.42 Å². The molecule has 3 rings (SSSR count). The predicted molar refractivity (Wildman–Crippen MR) is 108 cm³/mol. The highest BCUT2D eigenvalue weighted by Crippen LogP contribution is 2.30. The average Bonchev–Trinajstić information content (AvgIpc) is 2.77. The molecule has 1 amide bonds. The molecule has 2 aromatic rings. The Hall–Kier alpha value is -2.63. The van der Waals surface area contributed by atoms with Gasteiger partial charge in [0.05, 0.1) is 30.2 Å². The number of carbonyl (C=O) groups is 1. The Morgan fingerprint density at radius 1 is 1.06 bits per heavy atom. The molecule has 1 aliphatic heterocycles. The molecule has 0 saturated carbocycles. The van der Waals surface area contributed by atoms with Crippen LogP contribution in [-0.2, 0) is 32.3 Å². The van der Waals surface area contributed by atoms with Gasteiger partial charge in [-0.2, -0.15) is 17.5 Å². The van der Waals surface area contributed by atoms with E-state index in [2.05, 4.69) is 10.6 Å². The van der Waals surface area contributed by atoms with Gasteiger partial charge in [-0.05, 0) is 35.9 Å².